The SMILES string of the molecule is Cc1ccc([C@H]2Cn3nnc(C(=O)N4CCC(C(=O)N[C@@H](C)c5ccc(F)cc5)CC4)c3CO2)cc1. The van der Waals surface area contributed by atoms with E-state index in [2.05, 4.69) is 39.9 Å². The van der Waals surface area contributed by atoms with Crippen LogP contribution in [0.15, 0.2) is 48.5 Å². The highest BCUT2D eigenvalue weighted by molar-refractivity contribution is 5.93. The van der Waals surface area contributed by atoms with Crippen molar-refractivity contribution in [3.8, 4) is 0 Å². The second-order valence-corrected chi connectivity index (χ2v) is 9.63. The fourth-order valence-corrected chi connectivity index (χ4v) is 4.82. The van der Waals surface area contributed by atoms with E-state index in [1.165, 1.54) is 17.7 Å². The molecular formula is C27H30FN5O3. The lowest BCUT2D eigenvalue weighted by Crippen LogP contribution is -2.43. The first kappa shape index (κ1) is 24.1. The largest absolute Gasteiger partial charge is 0.365 e. The average Bonchev–Trinajstić information content (AvgIpc) is 3.32. The number of carbonyl (C=O) groups excluding carboxylic acids is 2. The van der Waals surface area contributed by atoms with E-state index in [1.807, 2.05) is 13.8 Å². The number of nitrogens with one attached hydrogen (secondary N) is 1. The molecule has 0 radical (unpaired) electrons. The molecule has 188 valence electrons. The highest BCUT2D eigenvalue weighted by Gasteiger charge is 2.33. The first-order valence-electron chi connectivity index (χ1n) is 12.3. The van der Waals surface area contributed by atoms with Crippen molar-refractivity contribution in [1.82, 2.24) is 25.2 Å². The fourth-order valence-electron chi connectivity index (χ4n) is 4.82. The molecule has 1 aromatic heterocycles. The van der Waals surface area contributed by atoms with E-state index in [1.54, 1.807) is 21.7 Å². The smallest absolute Gasteiger partial charge is 0.276 e. The summed E-state index contributed by atoms with van der Waals surface area (Å²) >= 11 is 0. The molecule has 9 heteroatoms. The molecule has 8 nitrogen and oxygen atoms in total. The summed E-state index contributed by atoms with van der Waals surface area (Å²) in [6, 6.07) is 14.1. The van der Waals surface area contributed by atoms with Crippen LogP contribution in [-0.4, -0.2) is 44.8 Å². The van der Waals surface area contributed by atoms with Crippen molar-refractivity contribution >= 4 is 11.8 Å². The molecule has 0 saturated carbocycles. The van der Waals surface area contributed by atoms with Crippen LogP contribution < -0.4 is 5.32 Å². The monoisotopic (exact) mass is 491 g/mol. The Morgan fingerprint density at radius 1 is 1.08 bits per heavy atom. The van der Waals surface area contributed by atoms with Crippen LogP contribution in [0.25, 0.3) is 0 Å². The number of aryl methyl sites for hydroxylation is 1. The van der Waals surface area contributed by atoms with Crippen LogP contribution in [0.3, 0.4) is 0 Å². The third-order valence-corrected chi connectivity index (χ3v) is 7.13. The van der Waals surface area contributed by atoms with Gasteiger partial charge in [0.15, 0.2) is 5.69 Å². The number of hydrogen-bond donors (Lipinski definition) is 1. The molecule has 0 bridgehead atoms. The molecule has 5 rings (SSSR count). The van der Waals surface area contributed by atoms with Gasteiger partial charge in [-0.25, -0.2) is 9.07 Å². The molecule has 2 aliphatic rings. The van der Waals surface area contributed by atoms with Gasteiger partial charge >= 0.3 is 0 Å². The Kier molecular flexibility index (Phi) is 6.82. The van der Waals surface area contributed by atoms with Gasteiger partial charge in [-0.1, -0.05) is 47.2 Å². The lowest BCUT2D eigenvalue weighted by Gasteiger charge is -2.32. The Hall–Kier alpha value is -3.59. The number of piperidine rings is 1. The predicted molar refractivity (Wildman–Crippen MR) is 130 cm³/mol. The second-order valence-electron chi connectivity index (χ2n) is 9.63. The Labute approximate surface area is 209 Å². The number of carbonyl (C=O) groups is 2. The van der Waals surface area contributed by atoms with Crippen LogP contribution >= 0.6 is 0 Å². The van der Waals surface area contributed by atoms with Gasteiger partial charge in [-0.3, -0.25) is 9.59 Å². The number of fused-ring (bicyclic) bond motifs is 1. The summed E-state index contributed by atoms with van der Waals surface area (Å²) in [6.07, 6.45) is 1.01. The number of benzene rings is 2. The molecule has 0 spiro atoms. The first-order valence-corrected chi connectivity index (χ1v) is 12.3. The van der Waals surface area contributed by atoms with Crippen LogP contribution in [0.4, 0.5) is 4.39 Å². The van der Waals surface area contributed by atoms with Crippen molar-refractivity contribution in [2.24, 2.45) is 5.92 Å². The second kappa shape index (κ2) is 10.2. The third-order valence-electron chi connectivity index (χ3n) is 7.13. The molecular weight excluding hydrogens is 461 g/mol. The lowest BCUT2D eigenvalue weighted by atomic mass is 9.95. The molecule has 2 aromatic carbocycles. The number of ether oxygens (including phenoxy) is 1. The Morgan fingerprint density at radius 3 is 2.47 bits per heavy atom. The van der Waals surface area contributed by atoms with Gasteiger partial charge in [0.1, 0.15) is 11.9 Å². The van der Waals surface area contributed by atoms with Crippen molar-refractivity contribution < 1.29 is 18.7 Å². The molecule has 0 unspecified atom stereocenters. The summed E-state index contributed by atoms with van der Waals surface area (Å²) in [6.45, 7) is 5.65. The molecule has 3 heterocycles. The van der Waals surface area contributed by atoms with Crippen LogP contribution in [0.5, 0.6) is 0 Å². The molecule has 0 aliphatic carbocycles. The number of hydrogen-bond acceptors (Lipinski definition) is 5. The van der Waals surface area contributed by atoms with Crippen LogP contribution in [0, 0.1) is 18.7 Å². The first-order chi connectivity index (χ1) is 17.4. The van der Waals surface area contributed by atoms with E-state index < -0.39 is 0 Å². The maximum atomic E-state index is 13.2. The van der Waals surface area contributed by atoms with Crippen molar-refractivity contribution in [3.05, 3.63) is 82.4 Å². The Balaban J connectivity index is 1.16. The minimum Gasteiger partial charge on any atom is -0.365 e. The average molecular weight is 492 g/mol. The number of nitrogens with zero attached hydrogens (tertiary/aromatic N) is 4. The van der Waals surface area contributed by atoms with Crippen molar-refractivity contribution in [1.29, 1.82) is 0 Å². The molecule has 2 atom stereocenters. The molecule has 2 amide bonds. The summed E-state index contributed by atoms with van der Waals surface area (Å²) in [5.74, 6) is -0.701. The van der Waals surface area contributed by atoms with Gasteiger partial charge in [0, 0.05) is 19.0 Å². The van der Waals surface area contributed by atoms with E-state index in [0.29, 0.717) is 43.9 Å². The highest BCUT2D eigenvalue weighted by atomic mass is 19.1. The number of halogens is 1. The zero-order valence-electron chi connectivity index (χ0n) is 20.5. The van der Waals surface area contributed by atoms with Crippen molar-refractivity contribution in [2.45, 2.75) is 52.0 Å². The van der Waals surface area contributed by atoms with E-state index in [4.69, 9.17) is 4.74 Å². The molecule has 3 aromatic rings. The fraction of sp³-hybridized carbons (Fsp3) is 0.407. The Morgan fingerprint density at radius 2 is 1.78 bits per heavy atom. The van der Waals surface area contributed by atoms with Gasteiger partial charge in [-0.15, -0.1) is 5.10 Å². The summed E-state index contributed by atoms with van der Waals surface area (Å²) in [4.78, 5) is 27.7. The van der Waals surface area contributed by atoms with Gasteiger partial charge in [0.05, 0.1) is 24.9 Å². The third kappa shape index (κ3) is 5.02. The normalized spacial score (nSPS) is 19.0. The van der Waals surface area contributed by atoms with E-state index in [-0.39, 0.29) is 42.3 Å². The molecule has 1 N–H and O–H groups in total. The number of amides is 2. The zero-order chi connectivity index (χ0) is 25.2. The number of aromatic nitrogens is 3. The van der Waals surface area contributed by atoms with E-state index >= 15 is 0 Å². The standard InChI is InChI=1S/C27H30FN5O3/c1-17-3-5-20(6-4-17)24-15-33-23(16-36-24)25(30-31-33)27(35)32-13-11-21(12-14-32)26(34)29-18(2)19-7-9-22(28)10-8-19/h3-10,18,21,24H,11-16H2,1-2H3,(H,29,34)/t18-,24+/m0/s1. The molecule has 2 aliphatic heterocycles. The van der Waals surface area contributed by atoms with Gasteiger partial charge in [0.2, 0.25) is 5.91 Å². The van der Waals surface area contributed by atoms with E-state index in [0.717, 1.165) is 11.1 Å². The van der Waals surface area contributed by atoms with E-state index in [9.17, 15) is 14.0 Å². The molecule has 1 saturated heterocycles. The maximum absolute atomic E-state index is 13.2. The van der Waals surface area contributed by atoms with Crippen LogP contribution in [0.1, 0.15) is 64.8 Å². The summed E-state index contributed by atoms with van der Waals surface area (Å²) in [5, 5.41) is 11.4. The predicted octanol–water partition coefficient (Wildman–Crippen LogP) is 3.73. The maximum Gasteiger partial charge on any atom is 0.276 e. The molecule has 1 fully saturated rings. The van der Waals surface area contributed by atoms with Gasteiger partial charge in [-0.05, 0) is 49.9 Å². The van der Waals surface area contributed by atoms with Crippen molar-refractivity contribution in [2.75, 3.05) is 13.1 Å². The highest BCUT2D eigenvalue weighted by Crippen LogP contribution is 2.28. The van der Waals surface area contributed by atoms with Gasteiger partial charge < -0.3 is 15.0 Å². The Bertz CT molecular complexity index is 1230. The minimum absolute atomic E-state index is 0.0458. The number of likely N-dealkylation sites (tertiary alicyclic amines) is 1. The van der Waals surface area contributed by atoms with Crippen LogP contribution in [-0.2, 0) is 22.7 Å². The lowest BCUT2D eigenvalue weighted by molar-refractivity contribution is -0.127. The quantitative estimate of drug-likeness (QED) is 0.588. The number of rotatable bonds is 5. The minimum atomic E-state index is -0.304. The topological polar surface area (TPSA) is 89.4 Å². The summed E-state index contributed by atoms with van der Waals surface area (Å²) < 4.78 is 21.0. The summed E-state index contributed by atoms with van der Waals surface area (Å²) in [7, 11) is 0. The van der Waals surface area contributed by atoms with Crippen LogP contribution in [0.2, 0.25) is 0 Å². The molecule has 36 heavy (non-hydrogen) atoms. The zero-order valence-corrected chi connectivity index (χ0v) is 20.5. The van der Waals surface area contributed by atoms with Crippen molar-refractivity contribution in [3.63, 3.8) is 0 Å². The van der Waals surface area contributed by atoms with Gasteiger partial charge in [-0.2, -0.15) is 0 Å². The van der Waals surface area contributed by atoms with Gasteiger partial charge in [0.25, 0.3) is 5.91 Å². The summed E-state index contributed by atoms with van der Waals surface area (Å²) in [5.41, 5.74) is 4.12.